The summed E-state index contributed by atoms with van der Waals surface area (Å²) < 4.78 is 6.35. The van der Waals surface area contributed by atoms with Crippen LogP contribution in [0.25, 0.3) is 11.3 Å². The van der Waals surface area contributed by atoms with Gasteiger partial charge >= 0.3 is 6.09 Å². The maximum atomic E-state index is 13.5. The van der Waals surface area contributed by atoms with Gasteiger partial charge in [0.25, 0.3) is 0 Å². The standard InChI is InChI=1S/C25H27BrN4O3/c1-16(2)22(29-25(32)33-19-7-4-3-5-8-19)24(31)30-14-6-9-21(30)23-27-15-20(28-23)17-10-12-18(26)13-11-17/h3-5,7-8,10-13,15-16,21-22H,6,9,14H2,1-2H3,(H,27,28)(H,29,32)/t21-,22-/m0/s1. The van der Waals surface area contributed by atoms with E-state index < -0.39 is 12.1 Å². The van der Waals surface area contributed by atoms with Crippen LogP contribution in [-0.2, 0) is 4.79 Å². The molecule has 2 heterocycles. The van der Waals surface area contributed by atoms with Gasteiger partial charge in [0, 0.05) is 11.0 Å². The number of aromatic nitrogens is 2. The molecule has 8 heteroatoms. The maximum Gasteiger partial charge on any atom is 0.413 e. The van der Waals surface area contributed by atoms with Crippen LogP contribution in [0.15, 0.2) is 65.3 Å². The van der Waals surface area contributed by atoms with E-state index in [-0.39, 0.29) is 17.9 Å². The quantitative estimate of drug-likeness (QED) is 0.469. The number of nitrogens with one attached hydrogen (secondary N) is 2. The van der Waals surface area contributed by atoms with Gasteiger partial charge in [0.15, 0.2) is 0 Å². The summed E-state index contributed by atoms with van der Waals surface area (Å²) in [6.07, 6.45) is 2.86. The number of hydrogen-bond acceptors (Lipinski definition) is 4. The van der Waals surface area contributed by atoms with E-state index in [0.29, 0.717) is 12.3 Å². The zero-order valence-electron chi connectivity index (χ0n) is 18.6. The second-order valence-electron chi connectivity index (χ2n) is 8.45. The summed E-state index contributed by atoms with van der Waals surface area (Å²) >= 11 is 3.45. The number of para-hydroxylation sites is 1. The molecule has 3 aromatic rings. The summed E-state index contributed by atoms with van der Waals surface area (Å²) in [5.41, 5.74) is 1.93. The number of rotatable bonds is 6. The third kappa shape index (κ3) is 5.45. The lowest BCUT2D eigenvalue weighted by atomic mass is 10.0. The van der Waals surface area contributed by atoms with Crippen LogP contribution in [0.4, 0.5) is 4.79 Å². The molecule has 1 aliphatic heterocycles. The zero-order valence-corrected chi connectivity index (χ0v) is 20.2. The summed E-state index contributed by atoms with van der Waals surface area (Å²) in [6.45, 7) is 4.44. The molecule has 0 radical (unpaired) electrons. The summed E-state index contributed by atoms with van der Waals surface area (Å²) in [7, 11) is 0. The molecule has 33 heavy (non-hydrogen) atoms. The van der Waals surface area contributed by atoms with Crippen LogP contribution >= 0.6 is 15.9 Å². The first kappa shape index (κ1) is 23.0. The number of carbonyl (C=O) groups is 2. The zero-order chi connectivity index (χ0) is 23.4. The Labute approximate surface area is 201 Å². The van der Waals surface area contributed by atoms with Crippen molar-refractivity contribution in [3.63, 3.8) is 0 Å². The van der Waals surface area contributed by atoms with Crippen molar-refractivity contribution in [2.45, 2.75) is 38.8 Å². The number of imidazole rings is 1. The Kier molecular flexibility index (Phi) is 7.13. The molecule has 172 valence electrons. The average molecular weight is 511 g/mol. The summed E-state index contributed by atoms with van der Waals surface area (Å²) in [4.78, 5) is 35.7. The lowest BCUT2D eigenvalue weighted by Gasteiger charge is -2.30. The number of amides is 2. The van der Waals surface area contributed by atoms with Gasteiger partial charge in [-0.3, -0.25) is 4.79 Å². The van der Waals surface area contributed by atoms with E-state index in [0.717, 1.165) is 34.4 Å². The number of likely N-dealkylation sites (tertiary alicyclic amines) is 1. The lowest BCUT2D eigenvalue weighted by molar-refractivity contribution is -0.135. The molecular weight excluding hydrogens is 484 g/mol. The topological polar surface area (TPSA) is 87.3 Å². The molecule has 2 amide bonds. The van der Waals surface area contributed by atoms with Gasteiger partial charge in [0.1, 0.15) is 17.6 Å². The van der Waals surface area contributed by atoms with Crippen molar-refractivity contribution in [1.29, 1.82) is 0 Å². The first-order valence-corrected chi connectivity index (χ1v) is 11.9. The second-order valence-corrected chi connectivity index (χ2v) is 9.36. The first-order valence-electron chi connectivity index (χ1n) is 11.1. The van der Waals surface area contributed by atoms with E-state index in [1.54, 1.807) is 30.5 Å². The molecule has 4 rings (SSSR count). The minimum Gasteiger partial charge on any atom is -0.410 e. The van der Waals surface area contributed by atoms with Crippen molar-refractivity contribution in [2.75, 3.05) is 6.54 Å². The fourth-order valence-electron chi connectivity index (χ4n) is 4.04. The third-order valence-corrected chi connectivity index (χ3v) is 6.29. The minimum absolute atomic E-state index is 0.1000. The summed E-state index contributed by atoms with van der Waals surface area (Å²) in [5, 5.41) is 2.76. The Bertz CT molecular complexity index is 1100. The fourth-order valence-corrected chi connectivity index (χ4v) is 4.31. The van der Waals surface area contributed by atoms with Crippen LogP contribution in [0, 0.1) is 5.92 Å². The molecule has 0 spiro atoms. The second kappa shape index (κ2) is 10.2. The number of carbonyl (C=O) groups excluding carboxylic acids is 2. The van der Waals surface area contributed by atoms with Gasteiger partial charge in [-0.05, 0) is 48.6 Å². The maximum absolute atomic E-state index is 13.5. The van der Waals surface area contributed by atoms with E-state index in [1.807, 2.05) is 49.1 Å². The highest BCUT2D eigenvalue weighted by Crippen LogP contribution is 2.32. The van der Waals surface area contributed by atoms with Crippen LogP contribution in [0.5, 0.6) is 5.75 Å². The van der Waals surface area contributed by atoms with E-state index in [1.165, 1.54) is 0 Å². The van der Waals surface area contributed by atoms with E-state index in [2.05, 4.69) is 31.2 Å². The smallest absolute Gasteiger partial charge is 0.410 e. The highest BCUT2D eigenvalue weighted by molar-refractivity contribution is 9.10. The lowest BCUT2D eigenvalue weighted by Crippen LogP contribution is -2.51. The Morgan fingerprint density at radius 2 is 1.88 bits per heavy atom. The van der Waals surface area contributed by atoms with Crippen LogP contribution in [0.3, 0.4) is 0 Å². The number of hydrogen-bond donors (Lipinski definition) is 2. The van der Waals surface area contributed by atoms with E-state index >= 15 is 0 Å². The Hall–Kier alpha value is -3.13. The summed E-state index contributed by atoms with van der Waals surface area (Å²) in [5.74, 6) is 0.962. The van der Waals surface area contributed by atoms with Gasteiger partial charge in [-0.25, -0.2) is 9.78 Å². The van der Waals surface area contributed by atoms with E-state index in [4.69, 9.17) is 4.74 Å². The summed E-state index contributed by atoms with van der Waals surface area (Å²) in [6, 6.07) is 15.9. The Balaban J connectivity index is 1.47. The monoisotopic (exact) mass is 510 g/mol. The SMILES string of the molecule is CC(C)[C@H](NC(=O)Oc1ccccc1)C(=O)N1CCC[C@H]1c1ncc(-c2ccc(Br)cc2)[nH]1. The van der Waals surface area contributed by atoms with Gasteiger partial charge in [-0.2, -0.15) is 0 Å². The fraction of sp³-hybridized carbons (Fsp3) is 0.320. The molecular formula is C25H27BrN4O3. The number of benzene rings is 2. The highest BCUT2D eigenvalue weighted by atomic mass is 79.9. The molecule has 0 bridgehead atoms. The van der Waals surface area contributed by atoms with Crippen LogP contribution < -0.4 is 10.1 Å². The number of aromatic amines is 1. The largest absolute Gasteiger partial charge is 0.413 e. The molecule has 1 aromatic heterocycles. The predicted octanol–water partition coefficient (Wildman–Crippen LogP) is 5.32. The molecule has 0 unspecified atom stereocenters. The van der Waals surface area contributed by atoms with Crippen LogP contribution in [0.1, 0.15) is 38.6 Å². The van der Waals surface area contributed by atoms with Crippen molar-refractivity contribution in [2.24, 2.45) is 5.92 Å². The molecule has 1 aliphatic rings. The Morgan fingerprint density at radius 3 is 2.58 bits per heavy atom. The van der Waals surface area contributed by atoms with E-state index in [9.17, 15) is 9.59 Å². The number of halogens is 1. The Morgan fingerprint density at radius 1 is 1.15 bits per heavy atom. The minimum atomic E-state index is -0.692. The van der Waals surface area contributed by atoms with Gasteiger partial charge in [0.05, 0.1) is 17.9 Å². The van der Waals surface area contributed by atoms with Gasteiger partial charge in [-0.15, -0.1) is 0 Å². The molecule has 7 nitrogen and oxygen atoms in total. The molecule has 2 aromatic carbocycles. The predicted molar refractivity (Wildman–Crippen MR) is 130 cm³/mol. The van der Waals surface area contributed by atoms with Crippen molar-refractivity contribution < 1.29 is 14.3 Å². The number of ether oxygens (including phenoxy) is 1. The highest BCUT2D eigenvalue weighted by Gasteiger charge is 2.37. The van der Waals surface area contributed by atoms with Crippen molar-refractivity contribution >= 4 is 27.9 Å². The van der Waals surface area contributed by atoms with Gasteiger partial charge in [-0.1, -0.05) is 60.1 Å². The third-order valence-electron chi connectivity index (χ3n) is 5.76. The molecule has 2 atom stereocenters. The van der Waals surface area contributed by atoms with Gasteiger partial charge in [0.2, 0.25) is 5.91 Å². The number of nitrogens with zero attached hydrogens (tertiary/aromatic N) is 2. The van der Waals surface area contributed by atoms with Crippen molar-refractivity contribution in [3.05, 3.63) is 71.1 Å². The average Bonchev–Trinajstić information content (AvgIpc) is 3.48. The molecule has 0 aliphatic carbocycles. The molecule has 2 N–H and O–H groups in total. The molecule has 1 fully saturated rings. The van der Waals surface area contributed by atoms with Crippen molar-refractivity contribution in [1.82, 2.24) is 20.2 Å². The normalized spacial score (nSPS) is 16.6. The van der Waals surface area contributed by atoms with Crippen LogP contribution in [0.2, 0.25) is 0 Å². The van der Waals surface area contributed by atoms with Crippen molar-refractivity contribution in [3.8, 4) is 17.0 Å². The van der Waals surface area contributed by atoms with Crippen LogP contribution in [-0.4, -0.2) is 39.5 Å². The molecule has 0 saturated carbocycles. The van der Waals surface area contributed by atoms with Gasteiger partial charge < -0.3 is 19.9 Å². The molecule has 1 saturated heterocycles. The number of H-pyrrole nitrogens is 1. The first-order chi connectivity index (χ1) is 15.9.